The van der Waals surface area contributed by atoms with Crippen LogP contribution in [-0.4, -0.2) is 12.6 Å². The average molecular weight is 369 g/mol. The van der Waals surface area contributed by atoms with Gasteiger partial charge >= 0.3 is 0 Å². The molecular formula is C25H38NO+. The summed E-state index contributed by atoms with van der Waals surface area (Å²) in [6.45, 7) is 12.2. The topological polar surface area (TPSA) is 25.8 Å². The zero-order valence-electron chi connectivity index (χ0n) is 17.8. The maximum Gasteiger partial charge on any atom is 0.119 e. The number of quaternary nitrogens is 1. The molecule has 2 atom stereocenters. The molecule has 2 N–H and O–H groups in total. The van der Waals surface area contributed by atoms with Gasteiger partial charge in [0.05, 0.1) is 12.6 Å². The molecule has 148 valence electrons. The Labute approximate surface area is 166 Å². The highest BCUT2D eigenvalue weighted by Crippen LogP contribution is 2.28. The van der Waals surface area contributed by atoms with E-state index in [0.29, 0.717) is 12.0 Å². The fraction of sp³-hybridized carbons (Fsp3) is 0.520. The first-order valence-electron chi connectivity index (χ1n) is 10.6. The molecule has 0 amide bonds. The number of benzene rings is 2. The predicted molar refractivity (Wildman–Crippen MR) is 115 cm³/mol. The van der Waals surface area contributed by atoms with Gasteiger partial charge in [-0.1, -0.05) is 62.7 Å². The molecule has 0 spiro atoms. The number of hydrogen-bond acceptors (Lipinski definition) is 1. The number of hydrogen-bond donors (Lipinski definition) is 1. The molecule has 0 saturated heterocycles. The van der Waals surface area contributed by atoms with Crippen LogP contribution < -0.4 is 10.1 Å². The molecule has 2 heteroatoms. The third kappa shape index (κ3) is 7.76. The molecular weight excluding hydrogens is 330 g/mol. The van der Waals surface area contributed by atoms with Crippen LogP contribution in [0.4, 0.5) is 0 Å². The van der Waals surface area contributed by atoms with Crippen LogP contribution in [0.25, 0.3) is 0 Å². The zero-order chi connectivity index (χ0) is 19.6. The Morgan fingerprint density at radius 3 is 2.00 bits per heavy atom. The van der Waals surface area contributed by atoms with E-state index in [1.807, 2.05) is 0 Å². The van der Waals surface area contributed by atoms with Crippen LogP contribution in [-0.2, 0) is 0 Å². The van der Waals surface area contributed by atoms with Gasteiger partial charge < -0.3 is 10.1 Å². The first kappa shape index (κ1) is 21.5. The molecule has 0 fully saturated rings. The molecule has 2 nitrogen and oxygen atoms in total. The Morgan fingerprint density at radius 1 is 0.741 bits per heavy atom. The minimum Gasteiger partial charge on any atom is -0.491 e. The molecule has 0 saturated carbocycles. The summed E-state index contributed by atoms with van der Waals surface area (Å²) < 4.78 is 5.80. The van der Waals surface area contributed by atoms with Gasteiger partial charge in [0.2, 0.25) is 0 Å². The minimum atomic E-state index is 0.224. The third-order valence-electron chi connectivity index (χ3n) is 5.18. The van der Waals surface area contributed by atoms with Gasteiger partial charge in [-0.2, -0.15) is 0 Å². The van der Waals surface area contributed by atoms with E-state index in [9.17, 15) is 0 Å². The molecule has 27 heavy (non-hydrogen) atoms. The first-order chi connectivity index (χ1) is 13.0. The van der Waals surface area contributed by atoms with E-state index in [1.165, 1.54) is 30.4 Å². The van der Waals surface area contributed by atoms with E-state index in [2.05, 4.69) is 94.5 Å². The van der Waals surface area contributed by atoms with Gasteiger partial charge in [-0.15, -0.1) is 0 Å². The maximum atomic E-state index is 5.80. The van der Waals surface area contributed by atoms with E-state index in [4.69, 9.17) is 4.74 Å². The second-order valence-electron chi connectivity index (χ2n) is 8.42. The van der Waals surface area contributed by atoms with Gasteiger partial charge in [-0.3, -0.25) is 0 Å². The Balaban J connectivity index is 1.95. The smallest absolute Gasteiger partial charge is 0.119 e. The van der Waals surface area contributed by atoms with E-state index >= 15 is 0 Å². The fourth-order valence-electron chi connectivity index (χ4n) is 3.54. The van der Waals surface area contributed by atoms with Gasteiger partial charge in [-0.25, -0.2) is 0 Å². The van der Waals surface area contributed by atoms with Crippen molar-refractivity contribution < 1.29 is 10.1 Å². The second kappa shape index (κ2) is 11.1. The summed E-state index contributed by atoms with van der Waals surface area (Å²) >= 11 is 0. The van der Waals surface area contributed by atoms with Crippen molar-refractivity contribution in [2.24, 2.45) is 5.92 Å². The molecule has 0 aromatic heterocycles. The Bertz CT molecular complexity index is 633. The highest BCUT2D eigenvalue weighted by atomic mass is 16.5. The summed E-state index contributed by atoms with van der Waals surface area (Å²) in [7, 11) is 0. The lowest BCUT2D eigenvalue weighted by Gasteiger charge is -2.20. The van der Waals surface area contributed by atoms with Crippen molar-refractivity contribution in [3.8, 4) is 5.75 Å². The van der Waals surface area contributed by atoms with Crippen molar-refractivity contribution in [3.63, 3.8) is 0 Å². The summed E-state index contributed by atoms with van der Waals surface area (Å²) in [5, 5.41) is 2.48. The van der Waals surface area contributed by atoms with Gasteiger partial charge in [0.1, 0.15) is 11.8 Å². The lowest BCUT2D eigenvalue weighted by molar-refractivity contribution is -0.693. The molecule has 0 aliphatic rings. The van der Waals surface area contributed by atoms with Crippen LogP contribution in [0, 0.1) is 5.92 Å². The largest absolute Gasteiger partial charge is 0.491 e. The zero-order valence-corrected chi connectivity index (χ0v) is 17.8. The highest BCUT2D eigenvalue weighted by Gasteiger charge is 2.15. The van der Waals surface area contributed by atoms with Crippen LogP contribution in [0.3, 0.4) is 0 Å². The van der Waals surface area contributed by atoms with Crippen molar-refractivity contribution >= 4 is 0 Å². The molecule has 0 unspecified atom stereocenters. The Kier molecular flexibility index (Phi) is 8.87. The lowest BCUT2D eigenvalue weighted by atomic mass is 9.88. The number of nitrogens with two attached hydrogens (primary N) is 1. The molecule has 0 aliphatic carbocycles. The second-order valence-corrected chi connectivity index (χ2v) is 8.42. The normalized spacial score (nSPS) is 13.7. The SMILES string of the molecule is CC(C)CC[C@@H](CC[NH2+][C@@H](C)c1ccccc1)c1ccc(OC(C)C)cc1. The molecule has 2 rings (SSSR count). The van der Waals surface area contributed by atoms with Gasteiger partial charge in [0.25, 0.3) is 0 Å². The van der Waals surface area contributed by atoms with Crippen molar-refractivity contribution in [2.45, 2.75) is 71.9 Å². The standard InChI is InChI=1S/C25H37NO/c1-19(2)11-12-24(23-13-15-25(16-14-23)27-20(3)4)17-18-26-21(5)22-9-7-6-8-10-22/h6-10,13-16,19-21,24,26H,11-12,17-18H2,1-5H3/p+1/t21-,24-/m0/s1. The molecule has 2 aromatic rings. The van der Waals surface area contributed by atoms with E-state index in [1.54, 1.807) is 0 Å². The third-order valence-corrected chi connectivity index (χ3v) is 5.18. The monoisotopic (exact) mass is 368 g/mol. The fourth-order valence-corrected chi connectivity index (χ4v) is 3.54. The molecule has 0 heterocycles. The summed E-state index contributed by atoms with van der Waals surface area (Å²) in [6, 6.07) is 20.1. The lowest BCUT2D eigenvalue weighted by Crippen LogP contribution is -2.84. The molecule has 0 bridgehead atoms. The highest BCUT2D eigenvalue weighted by molar-refractivity contribution is 5.29. The van der Waals surface area contributed by atoms with E-state index in [-0.39, 0.29) is 6.10 Å². The molecule has 0 radical (unpaired) electrons. The van der Waals surface area contributed by atoms with Gasteiger partial charge in [0, 0.05) is 12.0 Å². The summed E-state index contributed by atoms with van der Waals surface area (Å²) in [5.41, 5.74) is 2.86. The van der Waals surface area contributed by atoms with Crippen LogP contribution in [0.1, 0.15) is 77.0 Å². The van der Waals surface area contributed by atoms with Gasteiger partial charge in [0.15, 0.2) is 0 Å². The van der Waals surface area contributed by atoms with Crippen LogP contribution in [0.15, 0.2) is 54.6 Å². The van der Waals surface area contributed by atoms with Crippen LogP contribution in [0.5, 0.6) is 5.75 Å². The summed E-state index contributed by atoms with van der Waals surface area (Å²) in [6.07, 6.45) is 3.98. The van der Waals surface area contributed by atoms with Crippen molar-refractivity contribution in [1.82, 2.24) is 0 Å². The quantitative estimate of drug-likeness (QED) is 0.540. The summed E-state index contributed by atoms with van der Waals surface area (Å²) in [4.78, 5) is 0. The van der Waals surface area contributed by atoms with Gasteiger partial charge in [-0.05, 0) is 56.7 Å². The van der Waals surface area contributed by atoms with Crippen LogP contribution >= 0.6 is 0 Å². The van der Waals surface area contributed by atoms with E-state index < -0.39 is 0 Å². The number of rotatable bonds is 11. The Hall–Kier alpha value is -1.80. The number of ether oxygens (including phenoxy) is 1. The molecule has 2 aromatic carbocycles. The maximum absolute atomic E-state index is 5.80. The minimum absolute atomic E-state index is 0.224. The average Bonchev–Trinajstić information content (AvgIpc) is 2.65. The van der Waals surface area contributed by atoms with Crippen molar-refractivity contribution in [1.29, 1.82) is 0 Å². The summed E-state index contributed by atoms with van der Waals surface area (Å²) in [5.74, 6) is 2.35. The Morgan fingerprint density at radius 2 is 1.41 bits per heavy atom. The van der Waals surface area contributed by atoms with Crippen molar-refractivity contribution in [3.05, 3.63) is 65.7 Å². The first-order valence-corrected chi connectivity index (χ1v) is 10.6. The molecule has 0 aliphatic heterocycles. The van der Waals surface area contributed by atoms with E-state index in [0.717, 1.165) is 18.2 Å². The predicted octanol–water partition coefficient (Wildman–Crippen LogP) is 5.71. The van der Waals surface area contributed by atoms with Crippen molar-refractivity contribution in [2.75, 3.05) is 6.54 Å². The van der Waals surface area contributed by atoms with Crippen LogP contribution in [0.2, 0.25) is 0 Å².